The summed E-state index contributed by atoms with van der Waals surface area (Å²) in [6, 6.07) is 0. The molecule has 0 fully saturated rings. The number of hydrogen-bond donors (Lipinski definition) is 0. The molecule has 136 valence electrons. The molecular formula is C18H24N2O5. The zero-order valence-electron chi connectivity index (χ0n) is 15.3. The number of carbonyl (C=O) groups is 2. The second-order valence-corrected chi connectivity index (χ2v) is 6.50. The summed E-state index contributed by atoms with van der Waals surface area (Å²) in [5, 5.41) is 0. The normalized spacial score (nSPS) is 20.6. The van der Waals surface area contributed by atoms with Crippen LogP contribution in [-0.4, -0.2) is 42.5 Å². The Bertz CT molecular complexity index is 713. The topological polar surface area (TPSA) is 87.6 Å². The average molecular weight is 348 g/mol. The van der Waals surface area contributed by atoms with E-state index in [1.807, 2.05) is 6.92 Å². The van der Waals surface area contributed by atoms with Crippen LogP contribution in [0.5, 0.6) is 5.88 Å². The van der Waals surface area contributed by atoms with Crippen molar-refractivity contribution in [2.24, 2.45) is 5.41 Å². The number of nitrogens with zero attached hydrogens (tertiary/aromatic N) is 2. The highest BCUT2D eigenvalue weighted by Gasteiger charge is 2.40. The van der Waals surface area contributed by atoms with Crippen molar-refractivity contribution in [2.45, 2.75) is 40.0 Å². The Morgan fingerprint density at radius 2 is 2.00 bits per heavy atom. The van der Waals surface area contributed by atoms with Crippen molar-refractivity contribution in [1.82, 2.24) is 9.97 Å². The number of hydrogen-bond acceptors (Lipinski definition) is 7. The number of Topliss-reactive ketones (excluding diaryl/α,β-unsaturated/α-hetero) is 1. The number of aromatic nitrogens is 2. The third-order valence-electron chi connectivity index (χ3n) is 4.22. The van der Waals surface area contributed by atoms with Crippen LogP contribution in [0.1, 0.15) is 44.4 Å². The Morgan fingerprint density at radius 3 is 2.60 bits per heavy atom. The fourth-order valence-electron chi connectivity index (χ4n) is 3.07. The van der Waals surface area contributed by atoms with Crippen molar-refractivity contribution in [3.8, 4) is 5.88 Å². The minimum atomic E-state index is -0.427. The van der Waals surface area contributed by atoms with Gasteiger partial charge in [0.25, 0.3) is 0 Å². The number of ether oxygens (including phenoxy) is 3. The first kappa shape index (κ1) is 19.1. The number of allylic oxidation sites excluding steroid dienone is 2. The average Bonchev–Trinajstić information content (AvgIpc) is 2.55. The molecule has 0 saturated carbocycles. The second-order valence-electron chi connectivity index (χ2n) is 6.50. The summed E-state index contributed by atoms with van der Waals surface area (Å²) in [6.45, 7) is 5.82. The van der Waals surface area contributed by atoms with Gasteiger partial charge < -0.3 is 14.2 Å². The molecule has 7 heteroatoms. The van der Waals surface area contributed by atoms with Crippen molar-refractivity contribution < 1.29 is 23.8 Å². The molecule has 1 aromatic heterocycles. The van der Waals surface area contributed by atoms with E-state index in [9.17, 15) is 9.59 Å². The van der Waals surface area contributed by atoms with Gasteiger partial charge in [-0.1, -0.05) is 13.8 Å². The molecule has 0 N–H and O–H groups in total. The van der Waals surface area contributed by atoms with Crippen LogP contribution in [0.15, 0.2) is 12.1 Å². The lowest BCUT2D eigenvalue weighted by atomic mass is 9.74. The molecule has 25 heavy (non-hydrogen) atoms. The summed E-state index contributed by atoms with van der Waals surface area (Å²) in [4.78, 5) is 33.1. The van der Waals surface area contributed by atoms with E-state index in [0.717, 1.165) is 0 Å². The molecule has 0 bridgehead atoms. The molecule has 0 amide bonds. The summed E-state index contributed by atoms with van der Waals surface area (Å²) in [5.41, 5.74) is 0.974. The van der Waals surface area contributed by atoms with Crippen LogP contribution >= 0.6 is 0 Å². The second kappa shape index (κ2) is 7.74. The predicted molar refractivity (Wildman–Crippen MR) is 90.8 cm³/mol. The van der Waals surface area contributed by atoms with Gasteiger partial charge in [0.05, 0.1) is 25.0 Å². The van der Waals surface area contributed by atoms with E-state index in [1.54, 1.807) is 21.0 Å². The Balaban J connectivity index is 2.59. The molecule has 1 unspecified atom stereocenters. The number of esters is 1. The number of methoxy groups -OCH3 is 2. The first-order chi connectivity index (χ1) is 11.8. The van der Waals surface area contributed by atoms with Gasteiger partial charge in [-0.05, 0) is 6.92 Å². The molecule has 0 saturated heterocycles. The maximum Gasteiger partial charge on any atom is 0.310 e. The minimum Gasteiger partial charge on any atom is -0.481 e. The van der Waals surface area contributed by atoms with Crippen LogP contribution in [0.2, 0.25) is 0 Å². The summed E-state index contributed by atoms with van der Waals surface area (Å²) in [5.74, 6) is 0.206. The van der Waals surface area contributed by atoms with Gasteiger partial charge in [0, 0.05) is 37.4 Å². The first-order valence-electron chi connectivity index (χ1n) is 8.17. The van der Waals surface area contributed by atoms with Gasteiger partial charge in [-0.2, -0.15) is 0 Å². The molecular weight excluding hydrogens is 324 g/mol. The van der Waals surface area contributed by atoms with Crippen molar-refractivity contribution in [3.05, 3.63) is 23.3 Å². The molecule has 0 aromatic carbocycles. The van der Waals surface area contributed by atoms with E-state index in [4.69, 9.17) is 14.2 Å². The van der Waals surface area contributed by atoms with Crippen LogP contribution < -0.4 is 4.74 Å². The lowest BCUT2D eigenvalue weighted by Gasteiger charge is -2.34. The quantitative estimate of drug-likeness (QED) is 0.730. The van der Waals surface area contributed by atoms with E-state index in [0.29, 0.717) is 41.5 Å². The largest absolute Gasteiger partial charge is 0.481 e. The van der Waals surface area contributed by atoms with Gasteiger partial charge in [0.15, 0.2) is 5.78 Å². The third-order valence-corrected chi connectivity index (χ3v) is 4.22. The monoisotopic (exact) mass is 348 g/mol. The zero-order chi connectivity index (χ0) is 18.6. The standard InChI is InChI=1S/C18H24N2O5/c1-6-14(22)25-13-8-18(3,9-23-4)7-12(21)15(13)16-11(2)17(24-5)20-10-19-16/h10H,6-9H2,1-5H3. The Morgan fingerprint density at radius 1 is 1.28 bits per heavy atom. The summed E-state index contributed by atoms with van der Waals surface area (Å²) >= 11 is 0. The first-order valence-corrected chi connectivity index (χ1v) is 8.17. The maximum atomic E-state index is 12.9. The number of rotatable bonds is 6. The number of ketones is 1. The molecule has 0 aliphatic heterocycles. The van der Waals surface area contributed by atoms with Crippen molar-refractivity contribution in [2.75, 3.05) is 20.8 Å². The third kappa shape index (κ3) is 4.04. The SMILES string of the molecule is CCC(=O)OC1=C(c2ncnc(OC)c2C)C(=O)CC(C)(COC)C1. The van der Waals surface area contributed by atoms with E-state index in [1.165, 1.54) is 13.4 Å². The van der Waals surface area contributed by atoms with E-state index >= 15 is 0 Å². The van der Waals surface area contributed by atoms with E-state index in [2.05, 4.69) is 9.97 Å². The highest BCUT2D eigenvalue weighted by Crippen LogP contribution is 2.42. The highest BCUT2D eigenvalue weighted by atomic mass is 16.5. The highest BCUT2D eigenvalue weighted by molar-refractivity contribution is 6.22. The zero-order valence-corrected chi connectivity index (χ0v) is 15.3. The number of carbonyl (C=O) groups excluding carboxylic acids is 2. The molecule has 0 spiro atoms. The molecule has 1 aromatic rings. The Kier molecular flexibility index (Phi) is 5.89. The van der Waals surface area contributed by atoms with Crippen molar-refractivity contribution in [1.29, 1.82) is 0 Å². The van der Waals surface area contributed by atoms with Gasteiger partial charge in [-0.15, -0.1) is 0 Å². The van der Waals surface area contributed by atoms with Gasteiger partial charge in [0.1, 0.15) is 12.1 Å². The summed E-state index contributed by atoms with van der Waals surface area (Å²) < 4.78 is 16.0. The van der Waals surface area contributed by atoms with Crippen LogP contribution in [0.4, 0.5) is 0 Å². The summed E-state index contributed by atoms with van der Waals surface area (Å²) in [7, 11) is 3.09. The predicted octanol–water partition coefficient (Wildman–Crippen LogP) is 2.47. The van der Waals surface area contributed by atoms with Crippen LogP contribution in [0, 0.1) is 12.3 Å². The van der Waals surface area contributed by atoms with E-state index in [-0.39, 0.29) is 24.6 Å². The molecule has 2 rings (SSSR count). The lowest BCUT2D eigenvalue weighted by Crippen LogP contribution is -2.33. The van der Waals surface area contributed by atoms with Gasteiger partial charge in [-0.3, -0.25) is 9.59 Å². The van der Waals surface area contributed by atoms with Gasteiger partial charge in [-0.25, -0.2) is 9.97 Å². The Labute approximate surface area is 147 Å². The van der Waals surface area contributed by atoms with Crippen molar-refractivity contribution in [3.63, 3.8) is 0 Å². The van der Waals surface area contributed by atoms with Crippen LogP contribution in [-0.2, 0) is 19.1 Å². The fraction of sp³-hybridized carbons (Fsp3) is 0.556. The molecule has 1 aliphatic rings. The molecule has 1 heterocycles. The Hall–Kier alpha value is -2.28. The maximum absolute atomic E-state index is 12.9. The van der Waals surface area contributed by atoms with E-state index < -0.39 is 5.41 Å². The smallest absolute Gasteiger partial charge is 0.310 e. The lowest BCUT2D eigenvalue weighted by molar-refractivity contribution is -0.140. The molecule has 7 nitrogen and oxygen atoms in total. The minimum absolute atomic E-state index is 0.131. The fourth-order valence-corrected chi connectivity index (χ4v) is 3.07. The molecule has 0 radical (unpaired) electrons. The van der Waals surface area contributed by atoms with Crippen molar-refractivity contribution >= 4 is 17.3 Å². The van der Waals surface area contributed by atoms with Gasteiger partial charge >= 0.3 is 5.97 Å². The van der Waals surface area contributed by atoms with Crippen LogP contribution in [0.3, 0.4) is 0 Å². The van der Waals surface area contributed by atoms with Gasteiger partial charge in [0.2, 0.25) is 5.88 Å². The molecule has 1 aliphatic carbocycles. The molecule has 1 atom stereocenters. The van der Waals surface area contributed by atoms with Crippen LogP contribution in [0.25, 0.3) is 5.57 Å². The summed E-state index contributed by atoms with van der Waals surface area (Å²) in [6.07, 6.45) is 2.26.